The number of hydrogen-bond donors (Lipinski definition) is 1. The molecule has 1 heteroatoms. The molecule has 0 radical (unpaired) electrons. The first-order valence-electron chi connectivity index (χ1n) is 6.95. The molecular weight excluding hydrogens is 206 g/mol. The molecule has 0 amide bonds. The molecule has 2 aliphatic rings. The second kappa shape index (κ2) is 4.36. The minimum absolute atomic E-state index is 0.171. The van der Waals surface area contributed by atoms with Crippen molar-refractivity contribution in [1.29, 1.82) is 0 Å². The highest BCUT2D eigenvalue weighted by Crippen LogP contribution is 2.46. The Kier molecular flexibility index (Phi) is 3.20. The molecule has 1 unspecified atom stereocenters. The first-order chi connectivity index (χ1) is 8.04. The number of allylic oxidation sites excluding steroid dienone is 4. The SMILES string of the molecule is CCC(CC)=C1NC1(C)C1=C(C(C)C)C=CC1. The lowest BCUT2D eigenvalue weighted by atomic mass is 9.89. The first-order valence-corrected chi connectivity index (χ1v) is 6.95. The van der Waals surface area contributed by atoms with Gasteiger partial charge < -0.3 is 5.32 Å². The van der Waals surface area contributed by atoms with Crippen molar-refractivity contribution in [3.63, 3.8) is 0 Å². The van der Waals surface area contributed by atoms with Crippen molar-refractivity contribution in [1.82, 2.24) is 5.32 Å². The Morgan fingerprint density at radius 1 is 1.35 bits per heavy atom. The minimum atomic E-state index is 0.171. The quantitative estimate of drug-likeness (QED) is 0.714. The van der Waals surface area contributed by atoms with Crippen molar-refractivity contribution in [2.75, 3.05) is 0 Å². The van der Waals surface area contributed by atoms with Gasteiger partial charge in [0.15, 0.2) is 0 Å². The molecule has 17 heavy (non-hydrogen) atoms. The van der Waals surface area contributed by atoms with E-state index in [-0.39, 0.29) is 5.54 Å². The van der Waals surface area contributed by atoms with Crippen LogP contribution in [0.5, 0.6) is 0 Å². The molecule has 2 rings (SSSR count). The third kappa shape index (κ3) is 1.96. The van der Waals surface area contributed by atoms with E-state index >= 15 is 0 Å². The fraction of sp³-hybridized carbons (Fsp3) is 0.625. The van der Waals surface area contributed by atoms with Crippen molar-refractivity contribution >= 4 is 0 Å². The maximum absolute atomic E-state index is 3.66. The summed E-state index contributed by atoms with van der Waals surface area (Å²) in [6, 6.07) is 0. The third-order valence-electron chi connectivity index (χ3n) is 4.21. The fourth-order valence-corrected chi connectivity index (χ4v) is 3.05. The number of rotatable bonds is 4. The van der Waals surface area contributed by atoms with Gasteiger partial charge in [0.1, 0.15) is 0 Å². The van der Waals surface area contributed by atoms with E-state index in [2.05, 4.69) is 52.1 Å². The van der Waals surface area contributed by atoms with Crippen LogP contribution in [0.25, 0.3) is 0 Å². The summed E-state index contributed by atoms with van der Waals surface area (Å²) in [4.78, 5) is 0. The summed E-state index contributed by atoms with van der Waals surface area (Å²) in [6.45, 7) is 11.5. The predicted octanol–water partition coefficient (Wildman–Crippen LogP) is 4.33. The first kappa shape index (κ1) is 12.5. The Morgan fingerprint density at radius 2 is 2.00 bits per heavy atom. The van der Waals surface area contributed by atoms with Gasteiger partial charge >= 0.3 is 0 Å². The maximum atomic E-state index is 3.66. The second-order valence-electron chi connectivity index (χ2n) is 5.63. The van der Waals surface area contributed by atoms with Crippen LogP contribution in [0, 0.1) is 5.92 Å². The predicted molar refractivity (Wildman–Crippen MR) is 74.8 cm³/mol. The van der Waals surface area contributed by atoms with Crippen LogP contribution < -0.4 is 5.32 Å². The highest BCUT2D eigenvalue weighted by Gasteiger charge is 2.49. The zero-order valence-electron chi connectivity index (χ0n) is 11.9. The van der Waals surface area contributed by atoms with Gasteiger partial charge in [0.05, 0.1) is 5.54 Å². The van der Waals surface area contributed by atoms with E-state index in [0.29, 0.717) is 5.92 Å². The molecule has 1 saturated heterocycles. The van der Waals surface area contributed by atoms with Crippen LogP contribution in [0.3, 0.4) is 0 Å². The molecule has 1 aliphatic carbocycles. The van der Waals surface area contributed by atoms with E-state index in [9.17, 15) is 0 Å². The van der Waals surface area contributed by atoms with Gasteiger partial charge in [0.2, 0.25) is 0 Å². The minimum Gasteiger partial charge on any atom is -0.372 e. The van der Waals surface area contributed by atoms with E-state index in [1.807, 2.05) is 0 Å². The number of nitrogens with one attached hydrogen (secondary N) is 1. The summed E-state index contributed by atoms with van der Waals surface area (Å²) in [6.07, 6.45) is 8.10. The topological polar surface area (TPSA) is 21.9 Å². The van der Waals surface area contributed by atoms with Crippen LogP contribution >= 0.6 is 0 Å². The molecule has 0 bridgehead atoms. The summed E-state index contributed by atoms with van der Waals surface area (Å²) in [7, 11) is 0. The Labute approximate surface area is 106 Å². The molecule has 0 aromatic heterocycles. The Morgan fingerprint density at radius 3 is 2.53 bits per heavy atom. The standard InChI is InChI=1S/C16H25N/c1-6-12(7-2)15-16(5,17-15)14-10-8-9-13(14)11(3)4/h8-9,11,17H,6-7,10H2,1-5H3. The average Bonchev–Trinajstić information content (AvgIpc) is 2.80. The molecule has 1 N–H and O–H groups in total. The van der Waals surface area contributed by atoms with Crippen molar-refractivity contribution in [3.8, 4) is 0 Å². The van der Waals surface area contributed by atoms with Crippen molar-refractivity contribution in [2.45, 2.75) is 59.4 Å². The van der Waals surface area contributed by atoms with Gasteiger partial charge in [-0.3, -0.25) is 0 Å². The summed E-state index contributed by atoms with van der Waals surface area (Å²) in [5.74, 6) is 0.635. The Hall–Kier alpha value is -0.980. The fourth-order valence-electron chi connectivity index (χ4n) is 3.05. The monoisotopic (exact) mass is 231 g/mol. The smallest absolute Gasteiger partial charge is 0.0964 e. The Bertz CT molecular complexity index is 403. The van der Waals surface area contributed by atoms with E-state index in [4.69, 9.17) is 0 Å². The van der Waals surface area contributed by atoms with Crippen molar-refractivity contribution in [3.05, 3.63) is 34.6 Å². The van der Waals surface area contributed by atoms with Gasteiger partial charge in [-0.15, -0.1) is 0 Å². The largest absolute Gasteiger partial charge is 0.372 e. The summed E-state index contributed by atoms with van der Waals surface area (Å²) in [5.41, 5.74) is 6.41. The van der Waals surface area contributed by atoms with Crippen molar-refractivity contribution < 1.29 is 0 Å². The van der Waals surface area contributed by atoms with Crippen molar-refractivity contribution in [2.24, 2.45) is 5.92 Å². The molecule has 1 heterocycles. The lowest BCUT2D eigenvalue weighted by Crippen LogP contribution is -2.15. The van der Waals surface area contributed by atoms with E-state index < -0.39 is 0 Å². The highest BCUT2D eigenvalue weighted by atomic mass is 15.2. The van der Waals surface area contributed by atoms with Crippen LogP contribution in [0.4, 0.5) is 0 Å². The molecule has 0 spiro atoms. The molecule has 0 aromatic carbocycles. The van der Waals surface area contributed by atoms with Gasteiger partial charge in [0, 0.05) is 5.70 Å². The average molecular weight is 231 g/mol. The van der Waals surface area contributed by atoms with E-state index in [0.717, 1.165) is 6.42 Å². The van der Waals surface area contributed by atoms with Crippen LogP contribution in [-0.2, 0) is 0 Å². The third-order valence-corrected chi connectivity index (χ3v) is 4.21. The van der Waals surface area contributed by atoms with Gasteiger partial charge in [-0.2, -0.15) is 0 Å². The normalized spacial score (nSPS) is 26.8. The number of hydrogen-bond acceptors (Lipinski definition) is 1. The summed E-state index contributed by atoms with van der Waals surface area (Å²) < 4.78 is 0. The van der Waals surface area contributed by atoms with Gasteiger partial charge in [-0.1, -0.05) is 39.8 Å². The summed E-state index contributed by atoms with van der Waals surface area (Å²) in [5, 5.41) is 3.66. The van der Waals surface area contributed by atoms with E-state index in [1.165, 1.54) is 18.5 Å². The molecule has 0 saturated carbocycles. The lowest BCUT2D eigenvalue weighted by molar-refractivity contribution is 0.730. The highest BCUT2D eigenvalue weighted by molar-refractivity contribution is 5.56. The van der Waals surface area contributed by atoms with Crippen LogP contribution in [0.1, 0.15) is 53.9 Å². The van der Waals surface area contributed by atoms with Gasteiger partial charge in [-0.25, -0.2) is 0 Å². The van der Waals surface area contributed by atoms with Crippen LogP contribution in [-0.4, -0.2) is 5.54 Å². The molecule has 94 valence electrons. The molecule has 1 nitrogen and oxygen atoms in total. The Balaban J connectivity index is 2.32. The zero-order valence-corrected chi connectivity index (χ0v) is 11.9. The zero-order chi connectivity index (χ0) is 12.6. The maximum Gasteiger partial charge on any atom is 0.0964 e. The van der Waals surface area contributed by atoms with Gasteiger partial charge in [0.25, 0.3) is 0 Å². The second-order valence-corrected chi connectivity index (χ2v) is 5.63. The molecule has 1 fully saturated rings. The lowest BCUT2D eigenvalue weighted by Gasteiger charge is -2.15. The van der Waals surface area contributed by atoms with E-state index in [1.54, 1.807) is 16.7 Å². The molecule has 0 aromatic rings. The van der Waals surface area contributed by atoms with Crippen LogP contribution in [0.2, 0.25) is 0 Å². The van der Waals surface area contributed by atoms with Gasteiger partial charge in [-0.05, 0) is 48.8 Å². The van der Waals surface area contributed by atoms with Crippen LogP contribution in [0.15, 0.2) is 34.6 Å². The molecule has 1 aliphatic heterocycles. The molecule has 1 atom stereocenters. The summed E-state index contributed by atoms with van der Waals surface area (Å²) >= 11 is 0. The molecular formula is C16H25N.